The monoisotopic (exact) mass is 279 g/mol. The van der Waals surface area contributed by atoms with Crippen molar-refractivity contribution in [2.75, 3.05) is 12.4 Å². The van der Waals surface area contributed by atoms with Crippen molar-refractivity contribution in [3.05, 3.63) is 52.4 Å². The summed E-state index contributed by atoms with van der Waals surface area (Å²) in [6, 6.07) is 6.90. The Morgan fingerprint density at radius 2 is 2.21 bits per heavy atom. The SMILES string of the molecule is COCc1cc(NC(=O)c2ccoc2C)ccc1Cl. The second-order valence-corrected chi connectivity index (χ2v) is 4.49. The molecule has 0 bridgehead atoms. The van der Waals surface area contributed by atoms with Crippen LogP contribution >= 0.6 is 11.6 Å². The average molecular weight is 280 g/mol. The molecule has 5 heteroatoms. The zero-order valence-electron chi connectivity index (χ0n) is 10.7. The van der Waals surface area contributed by atoms with Crippen LogP contribution in [0.15, 0.2) is 34.9 Å². The van der Waals surface area contributed by atoms with Gasteiger partial charge in [0.05, 0.1) is 18.4 Å². The van der Waals surface area contributed by atoms with Gasteiger partial charge in [-0.15, -0.1) is 0 Å². The standard InChI is InChI=1S/C14H14ClNO3/c1-9-12(5-6-19-9)14(17)16-11-3-4-13(15)10(7-11)8-18-2/h3-7H,8H2,1-2H3,(H,16,17). The molecule has 1 heterocycles. The zero-order valence-corrected chi connectivity index (χ0v) is 11.5. The molecule has 1 amide bonds. The molecule has 100 valence electrons. The van der Waals surface area contributed by atoms with E-state index in [4.69, 9.17) is 20.8 Å². The number of hydrogen-bond donors (Lipinski definition) is 1. The van der Waals surface area contributed by atoms with Crippen molar-refractivity contribution >= 4 is 23.2 Å². The quantitative estimate of drug-likeness (QED) is 0.929. The van der Waals surface area contributed by atoms with Crippen molar-refractivity contribution in [3.63, 3.8) is 0 Å². The Morgan fingerprint density at radius 1 is 1.42 bits per heavy atom. The van der Waals surface area contributed by atoms with Crippen molar-refractivity contribution < 1.29 is 13.9 Å². The van der Waals surface area contributed by atoms with Gasteiger partial charge in [-0.1, -0.05) is 11.6 Å². The highest BCUT2D eigenvalue weighted by atomic mass is 35.5. The van der Waals surface area contributed by atoms with Crippen LogP contribution in [-0.4, -0.2) is 13.0 Å². The van der Waals surface area contributed by atoms with Crippen molar-refractivity contribution in [2.24, 2.45) is 0 Å². The summed E-state index contributed by atoms with van der Waals surface area (Å²) in [7, 11) is 1.59. The van der Waals surface area contributed by atoms with Gasteiger partial charge in [-0.05, 0) is 36.8 Å². The number of furan rings is 1. The third-order valence-corrected chi connectivity index (χ3v) is 3.08. The Balaban J connectivity index is 2.17. The highest BCUT2D eigenvalue weighted by Crippen LogP contribution is 2.22. The van der Waals surface area contributed by atoms with Crippen LogP contribution in [-0.2, 0) is 11.3 Å². The van der Waals surface area contributed by atoms with Crippen molar-refractivity contribution in [1.29, 1.82) is 0 Å². The molecule has 0 atom stereocenters. The fourth-order valence-electron chi connectivity index (χ4n) is 1.74. The lowest BCUT2D eigenvalue weighted by atomic mass is 10.2. The maximum Gasteiger partial charge on any atom is 0.259 e. The molecular formula is C14H14ClNO3. The van der Waals surface area contributed by atoms with Gasteiger partial charge in [0, 0.05) is 17.8 Å². The number of halogens is 1. The summed E-state index contributed by atoms with van der Waals surface area (Å²) in [5.74, 6) is 0.375. The van der Waals surface area contributed by atoms with Crippen LogP contribution in [0.4, 0.5) is 5.69 Å². The molecule has 1 N–H and O–H groups in total. The fraction of sp³-hybridized carbons (Fsp3) is 0.214. The van der Waals surface area contributed by atoms with Gasteiger partial charge in [0.25, 0.3) is 5.91 Å². The summed E-state index contributed by atoms with van der Waals surface area (Å²) in [5.41, 5.74) is 2.01. The maximum absolute atomic E-state index is 12.0. The number of amides is 1. The Kier molecular flexibility index (Phi) is 4.24. The third-order valence-electron chi connectivity index (χ3n) is 2.71. The maximum atomic E-state index is 12.0. The van der Waals surface area contributed by atoms with E-state index in [-0.39, 0.29) is 5.91 Å². The minimum Gasteiger partial charge on any atom is -0.469 e. The molecule has 0 spiro atoms. The van der Waals surface area contributed by atoms with E-state index in [0.717, 1.165) is 5.56 Å². The van der Waals surface area contributed by atoms with Gasteiger partial charge in [-0.3, -0.25) is 4.79 Å². The summed E-state index contributed by atoms with van der Waals surface area (Å²) < 4.78 is 10.2. The molecule has 2 aromatic rings. The topological polar surface area (TPSA) is 51.5 Å². The fourth-order valence-corrected chi connectivity index (χ4v) is 1.91. The first-order valence-corrected chi connectivity index (χ1v) is 6.12. The van der Waals surface area contributed by atoms with Gasteiger partial charge in [-0.25, -0.2) is 0 Å². The highest BCUT2D eigenvalue weighted by Gasteiger charge is 2.12. The number of carbonyl (C=O) groups excluding carboxylic acids is 1. The molecule has 0 saturated carbocycles. The average Bonchev–Trinajstić information content (AvgIpc) is 2.80. The first-order chi connectivity index (χ1) is 9.11. The van der Waals surface area contributed by atoms with Crippen LogP contribution in [0.1, 0.15) is 21.7 Å². The molecule has 0 fully saturated rings. The van der Waals surface area contributed by atoms with Gasteiger partial charge in [0.2, 0.25) is 0 Å². The molecule has 0 aliphatic carbocycles. The Morgan fingerprint density at radius 3 is 2.84 bits per heavy atom. The lowest BCUT2D eigenvalue weighted by Gasteiger charge is -2.08. The number of anilines is 1. The van der Waals surface area contributed by atoms with E-state index < -0.39 is 0 Å². The Hall–Kier alpha value is -1.78. The zero-order chi connectivity index (χ0) is 13.8. The molecule has 1 aromatic heterocycles. The minimum atomic E-state index is -0.211. The van der Waals surface area contributed by atoms with Crippen LogP contribution in [0.2, 0.25) is 5.02 Å². The smallest absolute Gasteiger partial charge is 0.259 e. The number of methoxy groups -OCH3 is 1. The number of ether oxygens (including phenoxy) is 1. The molecule has 0 aliphatic rings. The summed E-state index contributed by atoms with van der Waals surface area (Å²) in [4.78, 5) is 12.0. The van der Waals surface area contributed by atoms with Gasteiger partial charge < -0.3 is 14.5 Å². The molecular weight excluding hydrogens is 266 g/mol. The summed E-state index contributed by atoms with van der Waals surface area (Å²) in [6.07, 6.45) is 1.49. The molecule has 0 aliphatic heterocycles. The van der Waals surface area contributed by atoms with E-state index in [1.807, 2.05) is 0 Å². The van der Waals surface area contributed by atoms with Crippen molar-refractivity contribution in [1.82, 2.24) is 0 Å². The van der Waals surface area contributed by atoms with E-state index in [1.165, 1.54) is 6.26 Å². The van der Waals surface area contributed by atoms with E-state index >= 15 is 0 Å². The summed E-state index contributed by atoms with van der Waals surface area (Å²) >= 11 is 6.03. The first-order valence-electron chi connectivity index (χ1n) is 5.74. The van der Waals surface area contributed by atoms with Gasteiger partial charge >= 0.3 is 0 Å². The molecule has 19 heavy (non-hydrogen) atoms. The molecule has 4 nitrogen and oxygen atoms in total. The van der Waals surface area contributed by atoms with Crippen molar-refractivity contribution in [3.8, 4) is 0 Å². The van der Waals surface area contributed by atoms with Gasteiger partial charge in [0.1, 0.15) is 5.76 Å². The summed E-state index contributed by atoms with van der Waals surface area (Å²) in [6.45, 7) is 2.14. The van der Waals surface area contributed by atoms with Crippen molar-refractivity contribution in [2.45, 2.75) is 13.5 Å². The second-order valence-electron chi connectivity index (χ2n) is 4.08. The predicted molar refractivity (Wildman–Crippen MR) is 73.6 cm³/mol. The van der Waals surface area contributed by atoms with Crippen LogP contribution in [0, 0.1) is 6.92 Å². The lowest BCUT2D eigenvalue weighted by Crippen LogP contribution is -2.12. The number of rotatable bonds is 4. The van der Waals surface area contributed by atoms with Crippen LogP contribution < -0.4 is 5.32 Å². The molecule has 1 aromatic carbocycles. The highest BCUT2D eigenvalue weighted by molar-refractivity contribution is 6.31. The summed E-state index contributed by atoms with van der Waals surface area (Å²) in [5, 5.41) is 3.41. The normalized spacial score (nSPS) is 10.5. The third kappa shape index (κ3) is 3.16. The largest absolute Gasteiger partial charge is 0.469 e. The van der Waals surface area contributed by atoms with Gasteiger partial charge in [-0.2, -0.15) is 0 Å². The molecule has 0 saturated heterocycles. The Labute approximate surface area is 116 Å². The van der Waals surface area contributed by atoms with Crippen LogP contribution in [0.25, 0.3) is 0 Å². The van der Waals surface area contributed by atoms with E-state index in [9.17, 15) is 4.79 Å². The van der Waals surface area contributed by atoms with Crippen LogP contribution in [0.3, 0.4) is 0 Å². The number of benzene rings is 1. The number of aryl methyl sites for hydroxylation is 1. The lowest BCUT2D eigenvalue weighted by molar-refractivity contribution is 0.102. The van der Waals surface area contributed by atoms with E-state index in [1.54, 1.807) is 38.3 Å². The van der Waals surface area contributed by atoms with Crippen LogP contribution in [0.5, 0.6) is 0 Å². The second kappa shape index (κ2) is 5.91. The van der Waals surface area contributed by atoms with Gasteiger partial charge in [0.15, 0.2) is 0 Å². The number of hydrogen-bond acceptors (Lipinski definition) is 3. The Bertz CT molecular complexity index is 592. The minimum absolute atomic E-state index is 0.211. The van der Waals surface area contributed by atoms with E-state index in [2.05, 4.69) is 5.32 Å². The number of carbonyl (C=O) groups is 1. The predicted octanol–water partition coefficient (Wildman–Crippen LogP) is 3.64. The molecule has 0 unspecified atom stereocenters. The number of nitrogens with one attached hydrogen (secondary N) is 1. The van der Waals surface area contributed by atoms with E-state index in [0.29, 0.717) is 28.6 Å². The molecule has 0 radical (unpaired) electrons. The first kappa shape index (κ1) is 13.6. The molecule has 2 rings (SSSR count).